The number of ether oxygens (including phenoxy) is 2. The Morgan fingerprint density at radius 1 is 0.861 bits per heavy atom. The molecule has 0 bridgehead atoms. The number of rotatable bonds is 14. The summed E-state index contributed by atoms with van der Waals surface area (Å²) in [5.74, 6) is -2.79. The summed E-state index contributed by atoms with van der Waals surface area (Å²) in [6.45, 7) is -0.866. The molecule has 0 saturated heterocycles. The number of hydrogen-bond acceptors (Lipinski definition) is 8. The smallest absolute Gasteiger partial charge is 0.408 e. The molecule has 2 amide bonds. The van der Waals surface area contributed by atoms with E-state index in [1.807, 2.05) is 30.3 Å². The van der Waals surface area contributed by atoms with Crippen molar-refractivity contribution in [3.8, 4) is 0 Å². The number of aliphatic hydroxyl groups is 1. The molecule has 6 N–H and O–H groups in total. The summed E-state index contributed by atoms with van der Waals surface area (Å²) in [6, 6.07) is 16.7. The summed E-state index contributed by atoms with van der Waals surface area (Å²) in [7, 11) is 0. The van der Waals surface area contributed by atoms with Crippen molar-refractivity contribution in [3.05, 3.63) is 71.8 Å². The maximum absolute atomic E-state index is 12.8. The molecule has 36 heavy (non-hydrogen) atoms. The van der Waals surface area contributed by atoms with Crippen LogP contribution in [0.1, 0.15) is 30.4 Å². The summed E-state index contributed by atoms with van der Waals surface area (Å²) in [5.41, 5.74) is 4.58. The van der Waals surface area contributed by atoms with Gasteiger partial charge in [0.25, 0.3) is 0 Å². The number of nitrogens with one attached hydrogen (secondary N) is 2. The Morgan fingerprint density at radius 2 is 1.39 bits per heavy atom. The predicted molar refractivity (Wildman–Crippen MR) is 129 cm³/mol. The van der Waals surface area contributed by atoms with Crippen LogP contribution >= 0.6 is 0 Å². The van der Waals surface area contributed by atoms with Crippen molar-refractivity contribution in [2.45, 2.75) is 44.1 Å². The van der Waals surface area contributed by atoms with Gasteiger partial charge in [-0.15, -0.1) is 0 Å². The summed E-state index contributed by atoms with van der Waals surface area (Å²) >= 11 is 0. The lowest BCUT2D eigenvalue weighted by molar-refractivity contribution is -0.151. The monoisotopic (exact) mass is 501 g/mol. The van der Waals surface area contributed by atoms with Gasteiger partial charge in [0, 0.05) is 6.54 Å². The molecule has 0 unspecified atom stereocenters. The van der Waals surface area contributed by atoms with Gasteiger partial charge in [-0.05, 0) is 30.4 Å². The number of ketones is 1. The first-order valence-corrected chi connectivity index (χ1v) is 11.4. The van der Waals surface area contributed by atoms with Gasteiger partial charge in [-0.2, -0.15) is 0 Å². The number of unbranched alkanes of at least 4 members (excludes halogenated alkanes) is 1. The average Bonchev–Trinajstić information content (AvgIpc) is 2.90. The molecule has 11 heteroatoms. The predicted octanol–water partition coefficient (Wildman–Crippen LogP) is 1.72. The fourth-order valence-corrected chi connectivity index (χ4v) is 3.18. The maximum Gasteiger partial charge on any atom is 0.408 e. The van der Waals surface area contributed by atoms with Gasteiger partial charge in [0.05, 0.1) is 12.6 Å². The highest BCUT2D eigenvalue weighted by atomic mass is 16.6. The number of carboxylic acid groups (broad SMARTS) is 1. The quantitative estimate of drug-likeness (QED) is 0.190. The Morgan fingerprint density at radius 3 is 1.89 bits per heavy atom. The lowest BCUT2D eigenvalue weighted by atomic mass is 9.89. The number of carbonyl (C=O) groups is 4. The fourth-order valence-electron chi connectivity index (χ4n) is 3.18. The number of amides is 2. The number of carbonyl (C=O) groups excluding carboxylic acids is 3. The van der Waals surface area contributed by atoms with Crippen molar-refractivity contribution < 1.29 is 38.9 Å². The van der Waals surface area contributed by atoms with Crippen LogP contribution < -0.4 is 16.4 Å². The Hall–Kier alpha value is -3.96. The van der Waals surface area contributed by atoms with Crippen LogP contribution in [0.4, 0.5) is 9.59 Å². The molecular formula is C25H31N3O8. The molecule has 0 fully saturated rings. The van der Waals surface area contributed by atoms with E-state index in [4.69, 9.17) is 15.2 Å². The Kier molecular flexibility index (Phi) is 11.3. The van der Waals surface area contributed by atoms with Crippen LogP contribution in [0.5, 0.6) is 0 Å². The lowest BCUT2D eigenvalue weighted by Gasteiger charge is -2.26. The molecule has 0 saturated carbocycles. The van der Waals surface area contributed by atoms with Crippen LogP contribution in [0.25, 0.3) is 0 Å². The minimum absolute atomic E-state index is 0.00619. The van der Waals surface area contributed by atoms with Gasteiger partial charge in [0.15, 0.2) is 11.3 Å². The zero-order valence-electron chi connectivity index (χ0n) is 19.7. The lowest BCUT2D eigenvalue weighted by Crippen LogP contribution is -2.63. The van der Waals surface area contributed by atoms with E-state index >= 15 is 0 Å². The van der Waals surface area contributed by atoms with E-state index in [2.05, 4.69) is 10.6 Å². The number of benzene rings is 2. The second kappa shape index (κ2) is 14.4. The summed E-state index contributed by atoms with van der Waals surface area (Å²) in [6.07, 6.45) is -0.831. The van der Waals surface area contributed by atoms with Crippen molar-refractivity contribution in [1.82, 2.24) is 10.6 Å². The highest BCUT2D eigenvalue weighted by molar-refractivity contribution is 6.10. The van der Waals surface area contributed by atoms with Crippen LogP contribution in [-0.4, -0.2) is 58.9 Å². The number of carboxylic acids is 1. The Bertz CT molecular complexity index is 1000. The summed E-state index contributed by atoms with van der Waals surface area (Å²) in [4.78, 5) is 48.4. The summed E-state index contributed by atoms with van der Waals surface area (Å²) < 4.78 is 10.2. The molecule has 2 atom stereocenters. The van der Waals surface area contributed by atoms with Crippen LogP contribution in [-0.2, 0) is 32.3 Å². The van der Waals surface area contributed by atoms with Crippen LogP contribution in [0.15, 0.2) is 60.7 Å². The maximum atomic E-state index is 12.8. The molecule has 194 valence electrons. The number of alkyl carbamates (subject to hydrolysis) is 2. The first-order valence-electron chi connectivity index (χ1n) is 11.4. The van der Waals surface area contributed by atoms with Crippen molar-refractivity contribution >= 4 is 23.9 Å². The van der Waals surface area contributed by atoms with Crippen molar-refractivity contribution in [2.24, 2.45) is 5.73 Å². The normalized spacial score (nSPS) is 13.1. The van der Waals surface area contributed by atoms with Crippen molar-refractivity contribution in [2.75, 3.05) is 13.2 Å². The van der Waals surface area contributed by atoms with Gasteiger partial charge >= 0.3 is 18.2 Å². The highest BCUT2D eigenvalue weighted by Crippen LogP contribution is 2.12. The molecule has 0 aliphatic carbocycles. The topological polar surface area (TPSA) is 177 Å². The second-order valence-electron chi connectivity index (χ2n) is 8.04. The van der Waals surface area contributed by atoms with Gasteiger partial charge in [-0.25, -0.2) is 14.4 Å². The van der Waals surface area contributed by atoms with E-state index in [1.165, 1.54) is 0 Å². The van der Waals surface area contributed by atoms with Crippen molar-refractivity contribution in [1.29, 1.82) is 0 Å². The van der Waals surface area contributed by atoms with E-state index in [1.54, 1.807) is 30.3 Å². The minimum atomic E-state index is -2.59. The van der Waals surface area contributed by atoms with Gasteiger partial charge in [-0.1, -0.05) is 60.7 Å². The number of Topliss-reactive ketones (excluding diaryl/α,β-unsaturated/α-hetero) is 1. The molecule has 0 aliphatic rings. The van der Waals surface area contributed by atoms with Crippen LogP contribution in [0.3, 0.4) is 0 Å². The molecule has 0 spiro atoms. The van der Waals surface area contributed by atoms with Crippen LogP contribution in [0.2, 0.25) is 0 Å². The standard InChI is InChI=1S/C25H31N3O8/c26-25(17-29,22(31)32)21(30)20(28-24(34)36-16-19-11-5-2-6-12-19)13-7-8-14-27-23(33)35-15-18-9-3-1-4-10-18/h1-6,9-12,20,29H,7-8,13-17,26H2,(H,27,33)(H,28,34)(H,31,32)/t20-,25+/m0/s1. The molecule has 0 aliphatic heterocycles. The summed E-state index contributed by atoms with van der Waals surface area (Å²) in [5, 5.41) is 23.7. The molecular weight excluding hydrogens is 470 g/mol. The highest BCUT2D eigenvalue weighted by Gasteiger charge is 2.45. The van der Waals surface area contributed by atoms with E-state index in [0.717, 1.165) is 11.1 Å². The molecule has 0 radical (unpaired) electrons. The molecule has 0 aromatic heterocycles. The van der Waals surface area contributed by atoms with Gasteiger partial charge in [0.2, 0.25) is 0 Å². The number of nitrogens with two attached hydrogens (primary N) is 1. The van der Waals surface area contributed by atoms with Gasteiger partial charge in [0.1, 0.15) is 13.2 Å². The Labute approximate surface area is 208 Å². The molecule has 0 heterocycles. The number of hydrogen-bond donors (Lipinski definition) is 5. The van der Waals surface area contributed by atoms with Gasteiger partial charge in [-0.3, -0.25) is 4.79 Å². The Balaban J connectivity index is 1.85. The third kappa shape index (κ3) is 9.01. The van der Waals surface area contributed by atoms with Gasteiger partial charge < -0.3 is 36.1 Å². The minimum Gasteiger partial charge on any atom is -0.479 e. The zero-order valence-corrected chi connectivity index (χ0v) is 19.7. The first-order chi connectivity index (χ1) is 17.3. The second-order valence-corrected chi connectivity index (χ2v) is 8.04. The SMILES string of the molecule is N[C@@](CO)(C(=O)O)C(=O)[C@H](CCCCNC(=O)OCc1ccccc1)NC(=O)OCc1ccccc1. The van der Waals surface area contributed by atoms with E-state index < -0.39 is 42.1 Å². The molecule has 2 aromatic rings. The van der Waals surface area contributed by atoms with E-state index in [0.29, 0.717) is 12.8 Å². The zero-order chi connectivity index (χ0) is 26.4. The molecule has 2 aromatic carbocycles. The van der Waals surface area contributed by atoms with Crippen LogP contribution in [0, 0.1) is 0 Å². The first kappa shape index (κ1) is 28.3. The van der Waals surface area contributed by atoms with Crippen molar-refractivity contribution in [3.63, 3.8) is 0 Å². The molecule has 11 nitrogen and oxygen atoms in total. The van der Waals surface area contributed by atoms with E-state index in [-0.39, 0.29) is 26.2 Å². The number of aliphatic hydroxyl groups excluding tert-OH is 1. The third-order valence-electron chi connectivity index (χ3n) is 5.29. The average molecular weight is 502 g/mol. The fraction of sp³-hybridized carbons (Fsp3) is 0.360. The van der Waals surface area contributed by atoms with E-state index in [9.17, 15) is 29.4 Å². The number of aliphatic carboxylic acids is 1. The molecule has 2 rings (SSSR count). The third-order valence-corrected chi connectivity index (χ3v) is 5.29. The largest absolute Gasteiger partial charge is 0.479 e.